The van der Waals surface area contributed by atoms with Gasteiger partial charge in [0.2, 0.25) is 5.91 Å². The van der Waals surface area contributed by atoms with Gasteiger partial charge in [-0.25, -0.2) is 5.43 Å². The first kappa shape index (κ1) is 19.6. The lowest BCUT2D eigenvalue weighted by Crippen LogP contribution is -2.24. The first-order valence-corrected chi connectivity index (χ1v) is 9.58. The zero-order valence-corrected chi connectivity index (χ0v) is 15.9. The Balaban J connectivity index is 1.63. The first-order chi connectivity index (χ1) is 13.5. The van der Waals surface area contributed by atoms with Gasteiger partial charge in [0.15, 0.2) is 0 Å². The number of hydrogen-bond acceptors (Lipinski definition) is 4. The molecule has 1 saturated carbocycles. The molecule has 0 aromatic heterocycles. The Bertz CT molecular complexity index is 869. The Hall–Kier alpha value is -3.15. The first-order valence-electron chi connectivity index (χ1n) is 9.58. The van der Waals surface area contributed by atoms with E-state index in [1.807, 2.05) is 24.3 Å². The Morgan fingerprint density at radius 1 is 1.00 bits per heavy atom. The Kier molecular flexibility index (Phi) is 6.42. The molecule has 1 aliphatic carbocycles. The second-order valence-corrected chi connectivity index (χ2v) is 7.09. The number of anilines is 1. The lowest BCUT2D eigenvalue weighted by Gasteiger charge is -2.20. The normalized spacial score (nSPS) is 15.1. The van der Waals surface area contributed by atoms with Crippen molar-refractivity contribution in [2.45, 2.75) is 39.0 Å². The maximum Gasteiger partial charge on any atom is 0.271 e. The van der Waals surface area contributed by atoms with Crippen molar-refractivity contribution in [3.8, 4) is 5.75 Å². The summed E-state index contributed by atoms with van der Waals surface area (Å²) in [4.78, 5) is 24.6. The summed E-state index contributed by atoms with van der Waals surface area (Å²) in [6, 6.07) is 13.4. The molecule has 2 aromatic rings. The van der Waals surface area contributed by atoms with Crippen LogP contribution in [0.15, 0.2) is 53.6 Å². The molecule has 0 heterocycles. The molecule has 1 fully saturated rings. The zero-order chi connectivity index (χ0) is 19.9. The van der Waals surface area contributed by atoms with Crippen molar-refractivity contribution < 1.29 is 14.7 Å². The predicted molar refractivity (Wildman–Crippen MR) is 109 cm³/mol. The molecule has 0 radical (unpaired) electrons. The van der Waals surface area contributed by atoms with Crippen LogP contribution in [0.5, 0.6) is 5.75 Å². The van der Waals surface area contributed by atoms with E-state index in [1.165, 1.54) is 30.7 Å². The number of hydrogen-bond donors (Lipinski definition) is 3. The van der Waals surface area contributed by atoms with Crippen LogP contribution >= 0.6 is 0 Å². The van der Waals surface area contributed by atoms with Crippen molar-refractivity contribution >= 4 is 23.2 Å². The van der Waals surface area contributed by atoms with Crippen LogP contribution in [0, 0.1) is 5.92 Å². The van der Waals surface area contributed by atoms with Gasteiger partial charge in [0, 0.05) is 17.2 Å². The van der Waals surface area contributed by atoms with E-state index in [2.05, 4.69) is 15.8 Å². The molecule has 6 heteroatoms. The van der Waals surface area contributed by atoms with E-state index in [-0.39, 0.29) is 23.5 Å². The fourth-order valence-electron chi connectivity index (χ4n) is 3.31. The SMILES string of the molecule is C/C(=N/NC(=O)c1ccc(O)cc1)c1cccc(NC(=O)C2CCCCC2)c1. The second kappa shape index (κ2) is 9.17. The Morgan fingerprint density at radius 2 is 1.71 bits per heavy atom. The van der Waals surface area contributed by atoms with E-state index in [0.717, 1.165) is 36.9 Å². The van der Waals surface area contributed by atoms with E-state index in [9.17, 15) is 14.7 Å². The van der Waals surface area contributed by atoms with E-state index in [1.54, 1.807) is 6.92 Å². The van der Waals surface area contributed by atoms with Gasteiger partial charge in [-0.2, -0.15) is 5.10 Å². The molecule has 0 saturated heterocycles. The summed E-state index contributed by atoms with van der Waals surface area (Å²) < 4.78 is 0. The fraction of sp³-hybridized carbons (Fsp3) is 0.318. The van der Waals surface area contributed by atoms with Crippen LogP contribution in [0.2, 0.25) is 0 Å². The minimum atomic E-state index is -0.360. The molecule has 28 heavy (non-hydrogen) atoms. The quantitative estimate of drug-likeness (QED) is 0.540. The maximum atomic E-state index is 12.4. The fourth-order valence-corrected chi connectivity index (χ4v) is 3.31. The third-order valence-electron chi connectivity index (χ3n) is 4.98. The van der Waals surface area contributed by atoms with Gasteiger partial charge in [-0.05, 0) is 61.7 Å². The van der Waals surface area contributed by atoms with E-state index in [4.69, 9.17) is 0 Å². The number of aromatic hydroxyl groups is 1. The number of nitrogens with zero attached hydrogens (tertiary/aromatic N) is 1. The van der Waals surface area contributed by atoms with Crippen LogP contribution in [0.3, 0.4) is 0 Å². The van der Waals surface area contributed by atoms with Gasteiger partial charge < -0.3 is 10.4 Å². The number of carbonyl (C=O) groups excluding carboxylic acids is 2. The van der Waals surface area contributed by atoms with Gasteiger partial charge >= 0.3 is 0 Å². The molecule has 2 amide bonds. The zero-order valence-electron chi connectivity index (χ0n) is 15.9. The number of amides is 2. The lowest BCUT2D eigenvalue weighted by molar-refractivity contribution is -0.120. The predicted octanol–water partition coefficient (Wildman–Crippen LogP) is 4.07. The van der Waals surface area contributed by atoms with Gasteiger partial charge in [0.25, 0.3) is 5.91 Å². The number of phenolic OH excluding ortho intramolecular Hbond substituents is 1. The molecule has 0 atom stereocenters. The van der Waals surface area contributed by atoms with E-state index < -0.39 is 0 Å². The molecule has 0 aliphatic heterocycles. The van der Waals surface area contributed by atoms with Crippen molar-refractivity contribution in [3.63, 3.8) is 0 Å². The molecule has 3 rings (SSSR count). The molecule has 0 unspecified atom stereocenters. The average Bonchev–Trinajstić information content (AvgIpc) is 2.73. The van der Waals surface area contributed by atoms with Gasteiger partial charge in [0.05, 0.1) is 5.71 Å². The highest BCUT2D eigenvalue weighted by Gasteiger charge is 2.21. The molecule has 3 N–H and O–H groups in total. The summed E-state index contributed by atoms with van der Waals surface area (Å²) >= 11 is 0. The number of hydrazone groups is 1. The van der Waals surface area contributed by atoms with Gasteiger partial charge in [-0.3, -0.25) is 9.59 Å². The minimum Gasteiger partial charge on any atom is -0.508 e. The van der Waals surface area contributed by atoms with Crippen LogP contribution in [0.1, 0.15) is 54.9 Å². The number of benzene rings is 2. The van der Waals surface area contributed by atoms with Crippen LogP contribution in [0.25, 0.3) is 0 Å². The summed E-state index contributed by atoms with van der Waals surface area (Å²) in [5, 5.41) is 16.4. The molecule has 6 nitrogen and oxygen atoms in total. The molecule has 0 bridgehead atoms. The van der Waals surface area contributed by atoms with Crippen molar-refractivity contribution in [1.29, 1.82) is 0 Å². The number of carbonyl (C=O) groups is 2. The van der Waals surface area contributed by atoms with Crippen molar-refractivity contribution in [2.75, 3.05) is 5.32 Å². The van der Waals surface area contributed by atoms with Crippen molar-refractivity contribution in [1.82, 2.24) is 5.43 Å². The highest BCUT2D eigenvalue weighted by molar-refractivity contribution is 6.02. The van der Waals surface area contributed by atoms with Crippen LogP contribution < -0.4 is 10.7 Å². The summed E-state index contributed by atoms with van der Waals surface area (Å²) in [5.74, 6) is -0.0896. The largest absolute Gasteiger partial charge is 0.508 e. The monoisotopic (exact) mass is 379 g/mol. The Morgan fingerprint density at radius 3 is 2.43 bits per heavy atom. The molecule has 2 aromatic carbocycles. The topological polar surface area (TPSA) is 90.8 Å². The van der Waals surface area contributed by atoms with E-state index in [0.29, 0.717) is 11.3 Å². The smallest absolute Gasteiger partial charge is 0.271 e. The maximum absolute atomic E-state index is 12.4. The summed E-state index contributed by atoms with van der Waals surface area (Å²) in [6.45, 7) is 1.79. The van der Waals surface area contributed by atoms with Crippen LogP contribution in [-0.2, 0) is 4.79 Å². The standard InChI is InChI=1S/C22H25N3O3/c1-15(24-25-22(28)17-10-12-20(26)13-11-17)18-8-5-9-19(14-18)23-21(27)16-6-3-2-4-7-16/h5,8-14,16,26H,2-4,6-7H2,1H3,(H,23,27)(H,25,28)/b24-15-. The second-order valence-electron chi connectivity index (χ2n) is 7.09. The highest BCUT2D eigenvalue weighted by atomic mass is 16.3. The van der Waals surface area contributed by atoms with Crippen molar-refractivity contribution in [3.05, 3.63) is 59.7 Å². The molecule has 1 aliphatic rings. The molecule has 0 spiro atoms. The average molecular weight is 379 g/mol. The molecular weight excluding hydrogens is 354 g/mol. The minimum absolute atomic E-state index is 0.0760. The molecule has 146 valence electrons. The number of rotatable bonds is 5. The van der Waals surface area contributed by atoms with Gasteiger partial charge in [-0.15, -0.1) is 0 Å². The lowest BCUT2D eigenvalue weighted by atomic mass is 9.88. The highest BCUT2D eigenvalue weighted by Crippen LogP contribution is 2.25. The summed E-state index contributed by atoms with van der Waals surface area (Å²) in [5.41, 5.74) is 5.08. The third-order valence-corrected chi connectivity index (χ3v) is 4.98. The van der Waals surface area contributed by atoms with Crippen LogP contribution in [-0.4, -0.2) is 22.6 Å². The van der Waals surface area contributed by atoms with Gasteiger partial charge in [0.1, 0.15) is 5.75 Å². The third kappa shape index (κ3) is 5.19. The Labute approximate surface area is 164 Å². The van der Waals surface area contributed by atoms with Crippen molar-refractivity contribution in [2.24, 2.45) is 11.0 Å². The number of nitrogens with one attached hydrogen (secondary N) is 2. The summed E-state index contributed by atoms with van der Waals surface area (Å²) in [7, 11) is 0. The van der Waals surface area contributed by atoms with E-state index >= 15 is 0 Å². The number of phenols is 1. The van der Waals surface area contributed by atoms with Gasteiger partial charge in [-0.1, -0.05) is 31.4 Å². The molecular formula is C22H25N3O3. The summed E-state index contributed by atoms with van der Waals surface area (Å²) in [6.07, 6.45) is 5.35. The van der Waals surface area contributed by atoms with Crippen LogP contribution in [0.4, 0.5) is 5.69 Å².